The number of ether oxygens (including phenoxy) is 2. The normalized spacial score (nSPS) is 11.7. The maximum Gasteiger partial charge on any atom is 0.414 e. The van der Waals surface area contributed by atoms with Gasteiger partial charge in [-0.15, -0.1) is 0 Å². The largest absolute Gasteiger partial charge is 0.493 e. The molecule has 0 spiro atoms. The van der Waals surface area contributed by atoms with Gasteiger partial charge in [-0.25, -0.2) is 4.79 Å². The van der Waals surface area contributed by atoms with Crippen LogP contribution in [0.5, 0.6) is 11.5 Å². The number of amides is 1. The Morgan fingerprint density at radius 3 is 2.48 bits per heavy atom. The molecule has 0 radical (unpaired) electrons. The van der Waals surface area contributed by atoms with Gasteiger partial charge in [0.1, 0.15) is 11.5 Å². The first kappa shape index (κ1) is 19.1. The number of rotatable bonds is 7. The van der Waals surface area contributed by atoms with Gasteiger partial charge in [-0.2, -0.15) is 0 Å². The van der Waals surface area contributed by atoms with Crippen LogP contribution in [0.25, 0.3) is 0 Å². The van der Waals surface area contributed by atoms with Crippen LogP contribution in [0.1, 0.15) is 18.0 Å². The molecule has 0 bridgehead atoms. The van der Waals surface area contributed by atoms with Crippen molar-refractivity contribution in [2.75, 3.05) is 27.7 Å². The molecule has 134 valence electrons. The van der Waals surface area contributed by atoms with Gasteiger partial charge in [0.05, 0.1) is 6.61 Å². The van der Waals surface area contributed by atoms with Gasteiger partial charge < -0.3 is 19.7 Å². The lowest BCUT2D eigenvalue weighted by Crippen LogP contribution is -2.25. The van der Waals surface area contributed by atoms with Gasteiger partial charge in [0, 0.05) is 31.6 Å². The van der Waals surface area contributed by atoms with Crippen molar-refractivity contribution in [1.29, 1.82) is 0 Å². The van der Waals surface area contributed by atoms with Gasteiger partial charge >= 0.3 is 6.09 Å². The molecule has 0 aliphatic heterocycles. The fraction of sp³-hybridized carbons (Fsp3) is 0.316. The van der Waals surface area contributed by atoms with E-state index in [1.54, 1.807) is 32.3 Å². The molecule has 1 amide bonds. The van der Waals surface area contributed by atoms with Crippen molar-refractivity contribution in [2.45, 2.75) is 12.5 Å². The minimum absolute atomic E-state index is 0.137. The molecular formula is C19H23ClN2O3. The number of benzene rings is 2. The van der Waals surface area contributed by atoms with Crippen molar-refractivity contribution < 1.29 is 14.3 Å². The molecule has 0 heterocycles. The standard InChI is InChI=1S/C19H23ClN2O3/c1-21-18(11-12-24-17-6-4-5-15(20)13-17)14-7-9-16(10-8-14)25-19(23)22(2)3/h4-10,13,18,21H,11-12H2,1-3H3/t18-/m1/s1. The van der Waals surface area contributed by atoms with E-state index in [9.17, 15) is 4.79 Å². The maximum absolute atomic E-state index is 11.6. The monoisotopic (exact) mass is 362 g/mol. The summed E-state index contributed by atoms with van der Waals surface area (Å²) in [4.78, 5) is 12.9. The highest BCUT2D eigenvalue weighted by atomic mass is 35.5. The Balaban J connectivity index is 1.90. The van der Waals surface area contributed by atoms with Crippen molar-refractivity contribution in [1.82, 2.24) is 10.2 Å². The maximum atomic E-state index is 11.6. The second-order valence-electron chi connectivity index (χ2n) is 5.77. The minimum Gasteiger partial charge on any atom is -0.493 e. The Hall–Kier alpha value is -2.24. The molecule has 1 N–H and O–H groups in total. The SMILES string of the molecule is CN[C@H](CCOc1cccc(Cl)c1)c1ccc(OC(=O)N(C)C)cc1. The Morgan fingerprint density at radius 1 is 1.16 bits per heavy atom. The molecule has 6 heteroatoms. The van der Waals surface area contributed by atoms with Gasteiger partial charge in [0.25, 0.3) is 0 Å². The van der Waals surface area contributed by atoms with Crippen LogP contribution in [-0.4, -0.2) is 38.7 Å². The molecule has 0 unspecified atom stereocenters. The highest BCUT2D eigenvalue weighted by molar-refractivity contribution is 6.30. The van der Waals surface area contributed by atoms with Crippen molar-refractivity contribution in [3.63, 3.8) is 0 Å². The zero-order chi connectivity index (χ0) is 18.2. The first-order valence-corrected chi connectivity index (χ1v) is 8.42. The second-order valence-corrected chi connectivity index (χ2v) is 6.20. The predicted octanol–water partition coefficient (Wildman–Crippen LogP) is 4.13. The van der Waals surface area contributed by atoms with Gasteiger partial charge in [0.15, 0.2) is 0 Å². The molecule has 25 heavy (non-hydrogen) atoms. The summed E-state index contributed by atoms with van der Waals surface area (Å²) in [5.74, 6) is 1.28. The van der Waals surface area contributed by atoms with Crippen LogP contribution in [0.4, 0.5) is 4.79 Å². The Morgan fingerprint density at radius 2 is 1.88 bits per heavy atom. The van der Waals surface area contributed by atoms with Crippen LogP contribution in [0.15, 0.2) is 48.5 Å². The topological polar surface area (TPSA) is 50.8 Å². The average molecular weight is 363 g/mol. The summed E-state index contributed by atoms with van der Waals surface area (Å²) in [7, 11) is 5.20. The van der Waals surface area contributed by atoms with Gasteiger partial charge in [-0.05, 0) is 42.9 Å². The summed E-state index contributed by atoms with van der Waals surface area (Å²) < 4.78 is 11.0. The lowest BCUT2D eigenvalue weighted by molar-refractivity contribution is 0.172. The molecule has 2 aromatic rings. The predicted molar refractivity (Wildman–Crippen MR) is 99.5 cm³/mol. The minimum atomic E-state index is -0.396. The molecular weight excluding hydrogens is 340 g/mol. The van der Waals surface area contributed by atoms with Crippen LogP contribution < -0.4 is 14.8 Å². The first-order chi connectivity index (χ1) is 12.0. The number of nitrogens with zero attached hydrogens (tertiary/aromatic N) is 1. The van der Waals surface area contributed by atoms with E-state index < -0.39 is 6.09 Å². The number of carbonyl (C=O) groups is 1. The number of halogens is 1. The van der Waals surface area contributed by atoms with Crippen LogP contribution in [0, 0.1) is 0 Å². The first-order valence-electron chi connectivity index (χ1n) is 8.04. The third kappa shape index (κ3) is 5.96. The highest BCUT2D eigenvalue weighted by Crippen LogP contribution is 2.22. The van der Waals surface area contributed by atoms with Crippen LogP contribution in [0.2, 0.25) is 5.02 Å². The molecule has 0 aromatic heterocycles. The van der Waals surface area contributed by atoms with Crippen LogP contribution in [-0.2, 0) is 0 Å². The molecule has 0 aliphatic rings. The molecule has 2 rings (SSSR count). The smallest absolute Gasteiger partial charge is 0.414 e. The van der Waals surface area contributed by atoms with Crippen LogP contribution in [0.3, 0.4) is 0 Å². The second kappa shape index (κ2) is 9.30. The number of hydrogen-bond acceptors (Lipinski definition) is 4. The molecule has 1 atom stereocenters. The van der Waals surface area contributed by atoms with Gasteiger partial charge in [-0.3, -0.25) is 0 Å². The zero-order valence-electron chi connectivity index (χ0n) is 14.7. The van der Waals surface area contributed by atoms with E-state index >= 15 is 0 Å². The Bertz CT molecular complexity index is 689. The molecule has 0 fully saturated rings. The molecule has 0 saturated carbocycles. The van der Waals surface area contributed by atoms with Crippen molar-refractivity contribution >= 4 is 17.7 Å². The third-order valence-corrected chi connectivity index (χ3v) is 3.91. The molecule has 5 nitrogen and oxygen atoms in total. The quantitative estimate of drug-likeness (QED) is 0.804. The Labute approximate surface area is 153 Å². The fourth-order valence-electron chi connectivity index (χ4n) is 2.29. The van der Waals surface area contributed by atoms with E-state index in [0.717, 1.165) is 17.7 Å². The molecule has 0 saturated heterocycles. The summed E-state index contributed by atoms with van der Waals surface area (Å²) in [6.45, 7) is 0.559. The lowest BCUT2D eigenvalue weighted by Gasteiger charge is -2.18. The summed E-state index contributed by atoms with van der Waals surface area (Å²) in [5, 5.41) is 3.93. The van der Waals surface area contributed by atoms with E-state index in [1.165, 1.54) is 4.90 Å². The summed E-state index contributed by atoms with van der Waals surface area (Å²) >= 11 is 5.95. The Kier molecular flexibility index (Phi) is 7.10. The average Bonchev–Trinajstić information content (AvgIpc) is 2.59. The van der Waals surface area contributed by atoms with Crippen molar-refractivity contribution in [3.8, 4) is 11.5 Å². The van der Waals surface area contributed by atoms with Crippen molar-refractivity contribution in [2.24, 2.45) is 0 Å². The third-order valence-electron chi connectivity index (χ3n) is 3.67. The fourth-order valence-corrected chi connectivity index (χ4v) is 2.47. The zero-order valence-corrected chi connectivity index (χ0v) is 15.4. The highest BCUT2D eigenvalue weighted by Gasteiger charge is 2.11. The summed E-state index contributed by atoms with van der Waals surface area (Å²) in [6, 6.07) is 15.0. The molecule has 2 aromatic carbocycles. The van der Waals surface area contributed by atoms with Crippen LogP contribution >= 0.6 is 11.6 Å². The summed E-state index contributed by atoms with van der Waals surface area (Å²) in [6.07, 6.45) is 0.396. The van der Waals surface area contributed by atoms with Crippen molar-refractivity contribution in [3.05, 3.63) is 59.1 Å². The van der Waals surface area contributed by atoms with E-state index in [0.29, 0.717) is 17.4 Å². The van der Waals surface area contributed by atoms with E-state index in [2.05, 4.69) is 5.32 Å². The number of hydrogen-bond donors (Lipinski definition) is 1. The van der Waals surface area contributed by atoms with Gasteiger partial charge in [0.2, 0.25) is 0 Å². The number of nitrogens with one attached hydrogen (secondary N) is 1. The summed E-state index contributed by atoms with van der Waals surface area (Å²) in [5.41, 5.74) is 1.10. The lowest BCUT2D eigenvalue weighted by atomic mass is 10.0. The number of carbonyl (C=O) groups excluding carboxylic acids is 1. The molecule has 0 aliphatic carbocycles. The van der Waals surface area contributed by atoms with Gasteiger partial charge in [-0.1, -0.05) is 29.8 Å². The van der Waals surface area contributed by atoms with E-state index in [4.69, 9.17) is 21.1 Å². The van der Waals surface area contributed by atoms with E-state index in [-0.39, 0.29) is 6.04 Å². The van der Waals surface area contributed by atoms with E-state index in [1.807, 2.05) is 37.4 Å².